The van der Waals surface area contributed by atoms with Crippen molar-refractivity contribution in [2.75, 3.05) is 26.4 Å². The van der Waals surface area contributed by atoms with Crippen molar-refractivity contribution in [1.29, 1.82) is 0 Å². The number of hydrogen-bond donors (Lipinski definition) is 3. The minimum Gasteiger partial charge on any atom is -0.409 e. The lowest BCUT2D eigenvalue weighted by atomic mass is 9.77. The first kappa shape index (κ1) is 16.0. The standard InChI is InChI=1S/C14H25N3O4/c15-12(16-20)14(5-8-21-9-6-14)13(19)17-7-3-1-2-4-11(17)10-18/h11,18,20H,1-10H2,(H2,15,16). The number of likely N-dealkylation sites (tertiary alicyclic amines) is 1. The van der Waals surface area contributed by atoms with Crippen molar-refractivity contribution >= 4 is 11.7 Å². The Kier molecular flexibility index (Phi) is 5.41. The number of amides is 1. The van der Waals surface area contributed by atoms with Crippen LogP contribution in [0.2, 0.25) is 0 Å². The molecule has 21 heavy (non-hydrogen) atoms. The highest BCUT2D eigenvalue weighted by Gasteiger charge is 2.47. The van der Waals surface area contributed by atoms with Crippen LogP contribution >= 0.6 is 0 Å². The third-order valence-electron chi connectivity index (χ3n) is 4.70. The lowest BCUT2D eigenvalue weighted by molar-refractivity contribution is -0.146. The number of hydrogen-bond acceptors (Lipinski definition) is 5. The monoisotopic (exact) mass is 299 g/mol. The lowest BCUT2D eigenvalue weighted by Gasteiger charge is -2.40. The fourth-order valence-electron chi connectivity index (χ4n) is 3.30. The van der Waals surface area contributed by atoms with E-state index in [1.54, 1.807) is 4.90 Å². The second-order valence-electron chi connectivity index (χ2n) is 5.86. The summed E-state index contributed by atoms with van der Waals surface area (Å²) in [6.07, 6.45) is 4.61. The number of aliphatic hydroxyl groups is 1. The normalized spacial score (nSPS) is 27.2. The molecule has 2 aliphatic heterocycles. The van der Waals surface area contributed by atoms with E-state index in [1.165, 1.54) is 0 Å². The summed E-state index contributed by atoms with van der Waals surface area (Å²) in [6.45, 7) is 1.40. The van der Waals surface area contributed by atoms with Crippen LogP contribution < -0.4 is 5.73 Å². The van der Waals surface area contributed by atoms with E-state index in [1.807, 2.05) is 0 Å². The highest BCUT2D eigenvalue weighted by Crippen LogP contribution is 2.35. The van der Waals surface area contributed by atoms with Gasteiger partial charge >= 0.3 is 0 Å². The molecule has 2 aliphatic rings. The molecule has 0 bridgehead atoms. The molecule has 0 aromatic heterocycles. The first-order chi connectivity index (χ1) is 10.2. The smallest absolute Gasteiger partial charge is 0.237 e. The zero-order valence-corrected chi connectivity index (χ0v) is 12.3. The third kappa shape index (κ3) is 3.13. The molecule has 1 atom stereocenters. The Morgan fingerprint density at radius 2 is 2.05 bits per heavy atom. The predicted molar refractivity (Wildman–Crippen MR) is 76.9 cm³/mol. The minimum absolute atomic E-state index is 0.0447. The van der Waals surface area contributed by atoms with Crippen molar-refractivity contribution in [2.45, 2.75) is 44.6 Å². The van der Waals surface area contributed by atoms with Crippen molar-refractivity contribution in [3.05, 3.63) is 0 Å². The number of carbonyl (C=O) groups excluding carboxylic acids is 1. The van der Waals surface area contributed by atoms with Gasteiger partial charge in [0.25, 0.3) is 0 Å². The number of ether oxygens (including phenoxy) is 1. The highest BCUT2D eigenvalue weighted by molar-refractivity contribution is 6.07. The summed E-state index contributed by atoms with van der Waals surface area (Å²) in [4.78, 5) is 14.8. The maximum absolute atomic E-state index is 13.1. The molecule has 0 saturated carbocycles. The Bertz CT molecular complexity index is 394. The molecule has 7 heteroatoms. The second-order valence-corrected chi connectivity index (χ2v) is 5.86. The molecular weight excluding hydrogens is 274 g/mol. The molecule has 0 aromatic carbocycles. The van der Waals surface area contributed by atoms with Gasteiger partial charge in [0.05, 0.1) is 12.6 Å². The SMILES string of the molecule is NC(=NO)C1(C(=O)N2CCCCCC2CO)CCOCC1. The van der Waals surface area contributed by atoms with E-state index in [2.05, 4.69) is 5.16 Å². The van der Waals surface area contributed by atoms with Gasteiger partial charge in [0, 0.05) is 19.8 Å². The first-order valence-corrected chi connectivity index (χ1v) is 7.63. The molecule has 2 saturated heterocycles. The molecule has 0 radical (unpaired) electrons. The lowest BCUT2D eigenvalue weighted by Crippen LogP contribution is -2.56. The number of nitrogens with two attached hydrogens (primary N) is 1. The second kappa shape index (κ2) is 7.09. The van der Waals surface area contributed by atoms with Crippen molar-refractivity contribution in [2.24, 2.45) is 16.3 Å². The largest absolute Gasteiger partial charge is 0.409 e. The summed E-state index contributed by atoms with van der Waals surface area (Å²) in [5, 5.41) is 21.8. The molecule has 0 spiro atoms. The molecule has 7 nitrogen and oxygen atoms in total. The topological polar surface area (TPSA) is 108 Å². The molecule has 4 N–H and O–H groups in total. The van der Waals surface area contributed by atoms with Crippen molar-refractivity contribution < 1.29 is 19.8 Å². The van der Waals surface area contributed by atoms with Crippen LogP contribution in [0, 0.1) is 5.41 Å². The van der Waals surface area contributed by atoms with E-state index < -0.39 is 5.41 Å². The van der Waals surface area contributed by atoms with E-state index in [0.29, 0.717) is 32.6 Å². The first-order valence-electron chi connectivity index (χ1n) is 7.63. The van der Waals surface area contributed by atoms with Gasteiger partial charge < -0.3 is 25.7 Å². The van der Waals surface area contributed by atoms with E-state index in [9.17, 15) is 9.90 Å². The summed E-state index contributed by atoms with van der Waals surface area (Å²) in [5.74, 6) is -0.182. The summed E-state index contributed by atoms with van der Waals surface area (Å²) < 4.78 is 5.32. The van der Waals surface area contributed by atoms with Gasteiger partial charge in [0.15, 0.2) is 5.84 Å². The number of amidine groups is 1. The molecule has 1 amide bonds. The number of aliphatic hydroxyl groups excluding tert-OH is 1. The molecule has 2 fully saturated rings. The van der Waals surface area contributed by atoms with Gasteiger partial charge in [-0.2, -0.15) is 0 Å². The fraction of sp³-hybridized carbons (Fsp3) is 0.857. The maximum atomic E-state index is 13.1. The average Bonchev–Trinajstić information content (AvgIpc) is 2.79. The van der Waals surface area contributed by atoms with Crippen LogP contribution in [0.15, 0.2) is 5.16 Å². The van der Waals surface area contributed by atoms with Gasteiger partial charge in [0.2, 0.25) is 5.91 Å². The molecule has 0 aromatic rings. The van der Waals surface area contributed by atoms with Crippen LogP contribution in [0.3, 0.4) is 0 Å². The molecular formula is C14H25N3O4. The van der Waals surface area contributed by atoms with Gasteiger partial charge in [-0.15, -0.1) is 0 Å². The quantitative estimate of drug-likeness (QED) is 0.300. The van der Waals surface area contributed by atoms with Crippen LogP contribution in [0.25, 0.3) is 0 Å². The Morgan fingerprint density at radius 1 is 1.33 bits per heavy atom. The van der Waals surface area contributed by atoms with Crippen molar-refractivity contribution in [1.82, 2.24) is 4.90 Å². The van der Waals surface area contributed by atoms with Crippen LogP contribution in [-0.2, 0) is 9.53 Å². The van der Waals surface area contributed by atoms with E-state index in [-0.39, 0.29) is 24.4 Å². The Morgan fingerprint density at radius 3 is 2.67 bits per heavy atom. The van der Waals surface area contributed by atoms with E-state index in [0.717, 1.165) is 25.7 Å². The van der Waals surface area contributed by atoms with Crippen molar-refractivity contribution in [3.8, 4) is 0 Å². The van der Waals surface area contributed by atoms with Crippen molar-refractivity contribution in [3.63, 3.8) is 0 Å². The number of rotatable bonds is 3. The van der Waals surface area contributed by atoms with Gasteiger partial charge in [-0.25, -0.2) is 0 Å². The van der Waals surface area contributed by atoms with Crippen LogP contribution in [-0.4, -0.2) is 59.4 Å². The van der Waals surface area contributed by atoms with Gasteiger partial charge in [-0.3, -0.25) is 4.79 Å². The Labute approximate surface area is 124 Å². The van der Waals surface area contributed by atoms with Gasteiger partial charge in [-0.05, 0) is 25.7 Å². The Hall–Kier alpha value is -1.34. The van der Waals surface area contributed by atoms with Gasteiger partial charge in [-0.1, -0.05) is 18.0 Å². The minimum atomic E-state index is -0.995. The number of oxime groups is 1. The molecule has 2 rings (SSSR count). The zero-order chi connectivity index (χ0) is 15.3. The summed E-state index contributed by atoms with van der Waals surface area (Å²) in [5.41, 5.74) is 4.86. The van der Waals surface area contributed by atoms with Crippen LogP contribution in [0.1, 0.15) is 38.5 Å². The predicted octanol–water partition coefficient (Wildman–Crippen LogP) is 0.293. The summed E-state index contributed by atoms with van der Waals surface area (Å²) >= 11 is 0. The molecule has 1 unspecified atom stereocenters. The average molecular weight is 299 g/mol. The summed E-state index contributed by atoms with van der Waals surface area (Å²) in [6, 6.07) is -0.175. The van der Waals surface area contributed by atoms with E-state index >= 15 is 0 Å². The zero-order valence-electron chi connectivity index (χ0n) is 12.3. The van der Waals surface area contributed by atoms with Crippen LogP contribution in [0.4, 0.5) is 0 Å². The Balaban J connectivity index is 2.27. The number of carbonyl (C=O) groups is 1. The van der Waals surface area contributed by atoms with E-state index in [4.69, 9.17) is 15.7 Å². The highest BCUT2D eigenvalue weighted by atomic mass is 16.5. The van der Waals surface area contributed by atoms with Crippen LogP contribution in [0.5, 0.6) is 0 Å². The van der Waals surface area contributed by atoms with Gasteiger partial charge in [0.1, 0.15) is 5.41 Å². The molecule has 2 heterocycles. The maximum Gasteiger partial charge on any atom is 0.237 e. The molecule has 0 aliphatic carbocycles. The number of nitrogens with zero attached hydrogens (tertiary/aromatic N) is 2. The summed E-state index contributed by atoms with van der Waals surface area (Å²) in [7, 11) is 0. The third-order valence-corrected chi connectivity index (χ3v) is 4.70. The fourth-order valence-corrected chi connectivity index (χ4v) is 3.30. The molecule has 120 valence electrons.